The summed E-state index contributed by atoms with van der Waals surface area (Å²) >= 11 is 3.00. The number of nitrogens with zero attached hydrogens (tertiary/aromatic N) is 2. The topological polar surface area (TPSA) is 23.6 Å². The Bertz CT molecular complexity index is 457. The van der Waals surface area contributed by atoms with Gasteiger partial charge in [-0.3, -0.25) is 4.79 Å². The van der Waals surface area contributed by atoms with E-state index in [4.69, 9.17) is 0 Å². The van der Waals surface area contributed by atoms with Crippen molar-refractivity contribution in [2.24, 2.45) is 0 Å². The average molecular weight is 349 g/mol. The summed E-state index contributed by atoms with van der Waals surface area (Å²) in [5.41, 5.74) is -0.486. The van der Waals surface area contributed by atoms with Gasteiger partial charge in [-0.2, -0.15) is 0 Å². The molecule has 1 amide bonds. The molecular weight excluding hydrogens is 330 g/mol. The summed E-state index contributed by atoms with van der Waals surface area (Å²) in [4.78, 5) is 15.7. The van der Waals surface area contributed by atoms with Crippen molar-refractivity contribution in [3.05, 3.63) is 33.8 Å². The third-order valence-electron chi connectivity index (χ3n) is 2.92. The maximum atomic E-state index is 13.8. The van der Waals surface area contributed by atoms with Gasteiger partial charge in [0.1, 0.15) is 17.2 Å². The molecule has 6 heteroatoms. The lowest BCUT2D eigenvalue weighted by molar-refractivity contribution is 0.0749. The number of hydrogen-bond acceptors (Lipinski definition) is 2. The Labute approximate surface area is 126 Å². The zero-order valence-corrected chi connectivity index (χ0v) is 13.5. The summed E-state index contributed by atoms with van der Waals surface area (Å²) in [6.07, 6.45) is 0.756. The van der Waals surface area contributed by atoms with Crippen molar-refractivity contribution >= 4 is 21.8 Å². The molecule has 0 heterocycles. The van der Waals surface area contributed by atoms with Crippen molar-refractivity contribution in [1.82, 2.24) is 9.80 Å². The highest BCUT2D eigenvalue weighted by Crippen LogP contribution is 2.21. The van der Waals surface area contributed by atoms with Gasteiger partial charge in [0.2, 0.25) is 0 Å². The number of halogens is 3. The number of hydrogen-bond donors (Lipinski definition) is 0. The van der Waals surface area contributed by atoms with Crippen LogP contribution in [0.3, 0.4) is 0 Å². The van der Waals surface area contributed by atoms with Gasteiger partial charge in [-0.05, 0) is 46.1 Å². The van der Waals surface area contributed by atoms with E-state index in [1.165, 1.54) is 4.90 Å². The smallest absolute Gasteiger partial charge is 0.259 e. The highest BCUT2D eigenvalue weighted by molar-refractivity contribution is 9.10. The standard InChI is InChI=1S/C14H19BrF2N2O/c1-4-19(7-5-6-18(2)3)14(20)13-11(16)8-10(15)9-12(13)17/h8-9H,4-7H2,1-3H3. The fourth-order valence-electron chi connectivity index (χ4n) is 1.89. The van der Waals surface area contributed by atoms with Crippen LogP contribution in [-0.2, 0) is 0 Å². The van der Waals surface area contributed by atoms with Crippen molar-refractivity contribution in [2.45, 2.75) is 13.3 Å². The summed E-state index contributed by atoms with van der Waals surface area (Å²) in [5, 5.41) is 0. The Morgan fingerprint density at radius 2 is 1.75 bits per heavy atom. The Hall–Kier alpha value is -1.01. The highest BCUT2D eigenvalue weighted by atomic mass is 79.9. The van der Waals surface area contributed by atoms with Gasteiger partial charge in [0.25, 0.3) is 5.91 Å². The van der Waals surface area contributed by atoms with Crippen LogP contribution in [0.2, 0.25) is 0 Å². The molecule has 0 spiro atoms. The maximum Gasteiger partial charge on any atom is 0.259 e. The number of rotatable bonds is 6. The summed E-state index contributed by atoms with van der Waals surface area (Å²) < 4.78 is 27.8. The second-order valence-electron chi connectivity index (χ2n) is 4.79. The van der Waals surface area contributed by atoms with Gasteiger partial charge in [0.05, 0.1) is 0 Å². The normalized spacial score (nSPS) is 10.9. The fraction of sp³-hybridized carbons (Fsp3) is 0.500. The molecule has 0 unspecified atom stereocenters. The molecule has 112 valence electrons. The molecule has 0 bridgehead atoms. The van der Waals surface area contributed by atoms with Crippen molar-refractivity contribution in [3.63, 3.8) is 0 Å². The van der Waals surface area contributed by atoms with Crippen LogP contribution < -0.4 is 0 Å². The Kier molecular flexibility index (Phi) is 6.55. The third-order valence-corrected chi connectivity index (χ3v) is 3.38. The lowest BCUT2D eigenvalue weighted by atomic mass is 10.1. The van der Waals surface area contributed by atoms with Gasteiger partial charge < -0.3 is 9.80 Å². The van der Waals surface area contributed by atoms with Crippen molar-refractivity contribution in [2.75, 3.05) is 33.7 Å². The van der Waals surface area contributed by atoms with Crippen molar-refractivity contribution in [1.29, 1.82) is 0 Å². The van der Waals surface area contributed by atoms with Crippen LogP contribution in [0.15, 0.2) is 16.6 Å². The molecule has 20 heavy (non-hydrogen) atoms. The quantitative estimate of drug-likeness (QED) is 0.788. The first kappa shape index (κ1) is 17.0. The minimum atomic E-state index is -0.840. The number of carbonyl (C=O) groups is 1. The molecule has 1 rings (SSSR count). The Morgan fingerprint density at radius 3 is 2.20 bits per heavy atom. The molecule has 0 saturated carbocycles. The van der Waals surface area contributed by atoms with Gasteiger partial charge >= 0.3 is 0 Å². The molecule has 0 aromatic heterocycles. The largest absolute Gasteiger partial charge is 0.339 e. The van der Waals surface area contributed by atoms with Gasteiger partial charge in [0, 0.05) is 17.6 Å². The van der Waals surface area contributed by atoms with Crippen molar-refractivity contribution < 1.29 is 13.6 Å². The zero-order valence-electron chi connectivity index (χ0n) is 11.9. The minimum Gasteiger partial charge on any atom is -0.339 e. The average Bonchev–Trinajstić information content (AvgIpc) is 2.32. The van der Waals surface area contributed by atoms with Gasteiger partial charge in [-0.15, -0.1) is 0 Å². The number of carbonyl (C=O) groups excluding carboxylic acids is 1. The molecule has 0 aliphatic rings. The number of benzene rings is 1. The second-order valence-corrected chi connectivity index (χ2v) is 5.70. The van der Waals surface area contributed by atoms with Crippen LogP contribution in [0.25, 0.3) is 0 Å². The van der Waals surface area contributed by atoms with E-state index in [-0.39, 0.29) is 4.47 Å². The molecule has 0 aliphatic carbocycles. The Balaban J connectivity index is 2.86. The van der Waals surface area contributed by atoms with Crippen LogP contribution >= 0.6 is 15.9 Å². The summed E-state index contributed by atoms with van der Waals surface area (Å²) in [6.45, 7) is 3.50. The van der Waals surface area contributed by atoms with Gasteiger partial charge in [-0.1, -0.05) is 15.9 Å². The third kappa shape index (κ3) is 4.52. The van der Waals surface area contributed by atoms with E-state index in [1.807, 2.05) is 19.0 Å². The molecule has 0 atom stereocenters. The summed E-state index contributed by atoms with van der Waals surface area (Å²) in [6, 6.07) is 2.20. The van der Waals surface area contributed by atoms with E-state index in [9.17, 15) is 13.6 Å². The molecular formula is C14H19BrF2N2O. The van der Waals surface area contributed by atoms with Crippen LogP contribution in [0.4, 0.5) is 8.78 Å². The zero-order chi connectivity index (χ0) is 15.3. The van der Waals surface area contributed by atoms with Crippen molar-refractivity contribution in [3.8, 4) is 0 Å². The van der Waals surface area contributed by atoms with Gasteiger partial charge in [-0.25, -0.2) is 8.78 Å². The maximum absolute atomic E-state index is 13.8. The van der Waals surface area contributed by atoms with Crippen LogP contribution in [0, 0.1) is 11.6 Å². The van der Waals surface area contributed by atoms with E-state index in [1.54, 1.807) is 6.92 Å². The van der Waals surface area contributed by atoms with Gasteiger partial charge in [0.15, 0.2) is 0 Å². The van der Waals surface area contributed by atoms with Crippen LogP contribution in [0.1, 0.15) is 23.7 Å². The molecule has 3 nitrogen and oxygen atoms in total. The van der Waals surface area contributed by atoms with E-state index in [0.717, 1.165) is 25.1 Å². The molecule has 0 N–H and O–H groups in total. The van der Waals surface area contributed by atoms with Crippen LogP contribution in [-0.4, -0.2) is 49.4 Å². The predicted octanol–water partition coefficient (Wildman–Crippen LogP) is 3.14. The van der Waals surface area contributed by atoms with E-state index in [0.29, 0.717) is 13.1 Å². The first-order chi connectivity index (χ1) is 9.36. The van der Waals surface area contributed by atoms with E-state index < -0.39 is 23.1 Å². The first-order valence-electron chi connectivity index (χ1n) is 6.45. The predicted molar refractivity (Wildman–Crippen MR) is 78.8 cm³/mol. The molecule has 1 aromatic rings. The molecule has 0 aliphatic heterocycles. The number of amides is 1. The molecule has 0 saturated heterocycles. The first-order valence-corrected chi connectivity index (χ1v) is 7.24. The SMILES string of the molecule is CCN(CCCN(C)C)C(=O)c1c(F)cc(Br)cc1F. The summed E-state index contributed by atoms with van der Waals surface area (Å²) in [7, 11) is 3.87. The molecule has 1 aromatic carbocycles. The second kappa shape index (κ2) is 7.69. The van der Waals surface area contributed by atoms with E-state index >= 15 is 0 Å². The monoisotopic (exact) mass is 348 g/mol. The summed E-state index contributed by atoms with van der Waals surface area (Å²) in [5.74, 6) is -2.28. The lowest BCUT2D eigenvalue weighted by Crippen LogP contribution is -2.34. The molecule has 0 fully saturated rings. The Morgan fingerprint density at radius 1 is 1.20 bits per heavy atom. The lowest BCUT2D eigenvalue weighted by Gasteiger charge is -2.22. The minimum absolute atomic E-state index is 0.278. The fourth-order valence-corrected chi connectivity index (χ4v) is 2.29. The van der Waals surface area contributed by atoms with Crippen LogP contribution in [0.5, 0.6) is 0 Å². The molecule has 0 radical (unpaired) electrons. The highest BCUT2D eigenvalue weighted by Gasteiger charge is 2.22. The van der Waals surface area contributed by atoms with E-state index in [2.05, 4.69) is 15.9 Å².